The van der Waals surface area contributed by atoms with Gasteiger partial charge in [0.25, 0.3) is 5.97 Å². The molecule has 1 rings (SSSR count). The molecule has 0 fully saturated rings. The summed E-state index contributed by atoms with van der Waals surface area (Å²) in [6.45, 7) is 13.2. The summed E-state index contributed by atoms with van der Waals surface area (Å²) in [4.78, 5) is 0.380. The summed E-state index contributed by atoms with van der Waals surface area (Å²) >= 11 is 3.69. The van der Waals surface area contributed by atoms with Gasteiger partial charge in [-0.05, 0) is 56.6 Å². The minimum atomic E-state index is -0.923. The maximum Gasteiger partial charge on any atom is 0.285 e. The van der Waals surface area contributed by atoms with Crippen LogP contribution >= 0.6 is 15.9 Å². The fourth-order valence-corrected chi connectivity index (χ4v) is 4.82. The second-order valence-electron chi connectivity index (χ2n) is 10.4. The maximum absolute atomic E-state index is 6.61. The van der Waals surface area contributed by atoms with Gasteiger partial charge in [0.15, 0.2) is 0 Å². The number of benzene rings is 1. The number of halogens is 1. The Morgan fingerprint density at radius 3 is 1.58 bits per heavy atom. The van der Waals surface area contributed by atoms with Crippen molar-refractivity contribution in [3.8, 4) is 0 Å². The maximum atomic E-state index is 6.61. The molecule has 0 aromatic heterocycles. The van der Waals surface area contributed by atoms with E-state index < -0.39 is 5.97 Å². The molecule has 210 valence electrons. The first kappa shape index (κ1) is 33.6. The molecule has 2 unspecified atom stereocenters. The molecule has 36 heavy (non-hydrogen) atoms. The van der Waals surface area contributed by atoms with Gasteiger partial charge in [0.2, 0.25) is 0 Å². The number of hydrogen-bond acceptors (Lipinski definition) is 3. The Morgan fingerprint density at radius 1 is 0.639 bits per heavy atom. The molecule has 0 radical (unpaired) electrons. The van der Waals surface area contributed by atoms with Crippen LogP contribution in [0.3, 0.4) is 0 Å². The van der Waals surface area contributed by atoms with Crippen LogP contribution in [0.1, 0.15) is 140 Å². The van der Waals surface area contributed by atoms with Crippen LogP contribution in [0.5, 0.6) is 0 Å². The minimum absolute atomic E-state index is 0.226. The van der Waals surface area contributed by atoms with Crippen molar-refractivity contribution in [1.29, 1.82) is 0 Å². The molecule has 0 saturated carbocycles. The molecule has 0 N–H and O–H groups in total. The average molecular weight is 570 g/mol. The molecule has 0 spiro atoms. The second kappa shape index (κ2) is 21.5. The van der Waals surface area contributed by atoms with Crippen molar-refractivity contribution < 1.29 is 14.2 Å². The third kappa shape index (κ3) is 13.9. The van der Waals surface area contributed by atoms with Gasteiger partial charge in [-0.25, -0.2) is 0 Å². The molecule has 0 saturated heterocycles. The van der Waals surface area contributed by atoms with Gasteiger partial charge in [-0.3, -0.25) is 0 Å². The van der Waals surface area contributed by atoms with Crippen LogP contribution in [0, 0.1) is 5.92 Å². The highest BCUT2D eigenvalue weighted by molar-refractivity contribution is 9.09. The Balaban J connectivity index is 3.07. The van der Waals surface area contributed by atoms with Crippen LogP contribution < -0.4 is 0 Å². The van der Waals surface area contributed by atoms with Gasteiger partial charge in [-0.1, -0.05) is 126 Å². The summed E-state index contributed by atoms with van der Waals surface area (Å²) in [6.07, 6.45) is 17.4. The third-order valence-electron chi connectivity index (χ3n) is 7.03. The molecule has 0 heterocycles. The van der Waals surface area contributed by atoms with Crippen LogP contribution in [0.4, 0.5) is 0 Å². The molecule has 1 aromatic carbocycles. The molecular formula is C32H57BrO3. The molecule has 0 aliphatic rings. The second-order valence-corrected chi connectivity index (χ2v) is 11.7. The molecule has 0 aliphatic heterocycles. The number of hydrogen-bond donors (Lipinski definition) is 0. The highest BCUT2D eigenvalue weighted by atomic mass is 79.9. The summed E-state index contributed by atoms with van der Waals surface area (Å²) in [7, 11) is 0. The molecule has 0 amide bonds. The molecular weight excluding hydrogens is 512 g/mol. The first-order valence-electron chi connectivity index (χ1n) is 15.2. The van der Waals surface area contributed by atoms with Gasteiger partial charge >= 0.3 is 0 Å². The van der Waals surface area contributed by atoms with Crippen molar-refractivity contribution in [2.75, 3.05) is 19.8 Å². The van der Waals surface area contributed by atoms with Crippen LogP contribution in [0.25, 0.3) is 0 Å². The average Bonchev–Trinajstić information content (AvgIpc) is 2.88. The van der Waals surface area contributed by atoms with Crippen LogP contribution in [-0.4, -0.2) is 25.8 Å². The smallest absolute Gasteiger partial charge is 0.285 e. The highest BCUT2D eigenvalue weighted by Gasteiger charge is 2.42. The Kier molecular flexibility index (Phi) is 20.1. The number of rotatable bonds is 24. The Bertz CT molecular complexity index is 590. The van der Waals surface area contributed by atoms with E-state index in [0.29, 0.717) is 24.6 Å². The largest absolute Gasteiger partial charge is 0.327 e. The Hall–Kier alpha value is -0.420. The Labute approximate surface area is 232 Å². The van der Waals surface area contributed by atoms with Gasteiger partial charge in [-0.2, -0.15) is 0 Å². The van der Waals surface area contributed by atoms with Crippen molar-refractivity contribution in [2.45, 2.75) is 142 Å². The number of aryl methyl sites for hydroxylation is 1. The highest BCUT2D eigenvalue weighted by Crippen LogP contribution is 2.35. The predicted molar refractivity (Wildman–Crippen MR) is 159 cm³/mol. The van der Waals surface area contributed by atoms with Crippen molar-refractivity contribution in [3.05, 3.63) is 35.4 Å². The van der Waals surface area contributed by atoms with Crippen LogP contribution in [0.2, 0.25) is 0 Å². The molecule has 3 nitrogen and oxygen atoms in total. The van der Waals surface area contributed by atoms with Crippen molar-refractivity contribution in [1.82, 2.24) is 0 Å². The van der Waals surface area contributed by atoms with Crippen molar-refractivity contribution >= 4 is 15.9 Å². The van der Waals surface area contributed by atoms with Gasteiger partial charge in [0, 0.05) is 10.7 Å². The predicted octanol–water partition coefficient (Wildman–Crippen LogP) is 10.5. The summed E-state index contributed by atoms with van der Waals surface area (Å²) in [6, 6.07) is 9.06. The van der Waals surface area contributed by atoms with E-state index >= 15 is 0 Å². The quantitative estimate of drug-likeness (QED) is 0.0704. The molecule has 0 aliphatic carbocycles. The van der Waals surface area contributed by atoms with Gasteiger partial charge in [-0.15, -0.1) is 0 Å². The van der Waals surface area contributed by atoms with E-state index in [1.807, 2.05) is 0 Å². The summed E-state index contributed by atoms with van der Waals surface area (Å²) in [5.41, 5.74) is 2.70. The van der Waals surface area contributed by atoms with Crippen LogP contribution in [0.15, 0.2) is 24.3 Å². The number of unbranched alkanes of at least 4 members (excludes halogenated alkanes) is 8. The van der Waals surface area contributed by atoms with E-state index in [9.17, 15) is 0 Å². The van der Waals surface area contributed by atoms with Crippen molar-refractivity contribution in [2.24, 2.45) is 5.92 Å². The lowest BCUT2D eigenvalue weighted by molar-refractivity contribution is -0.407. The zero-order chi connectivity index (χ0) is 26.5. The lowest BCUT2D eigenvalue weighted by Gasteiger charge is -2.40. The first-order chi connectivity index (χ1) is 17.5. The van der Waals surface area contributed by atoms with E-state index in [-0.39, 0.29) is 5.92 Å². The summed E-state index contributed by atoms with van der Waals surface area (Å²) < 4.78 is 19.8. The van der Waals surface area contributed by atoms with E-state index in [4.69, 9.17) is 14.2 Å². The van der Waals surface area contributed by atoms with Gasteiger partial charge < -0.3 is 14.2 Å². The molecule has 1 aromatic rings. The molecule has 4 heteroatoms. The number of alkyl halides is 1. The molecule has 0 bridgehead atoms. The summed E-state index contributed by atoms with van der Waals surface area (Å²) in [5.74, 6) is -0.697. The minimum Gasteiger partial charge on any atom is -0.327 e. The third-order valence-corrected chi connectivity index (χ3v) is 7.56. The van der Waals surface area contributed by atoms with E-state index in [1.54, 1.807) is 0 Å². The van der Waals surface area contributed by atoms with E-state index in [0.717, 1.165) is 57.8 Å². The SMILES string of the molecule is CCCCCCCCC(CCc1ccc(C(C)Br)cc1)C(OCCCC)(OCCCC)OCCCC. The van der Waals surface area contributed by atoms with Gasteiger partial charge in [0.1, 0.15) is 0 Å². The lowest BCUT2D eigenvalue weighted by Crippen LogP contribution is -2.47. The number of ether oxygens (including phenoxy) is 3. The fraction of sp³-hybridized carbons (Fsp3) is 0.812. The van der Waals surface area contributed by atoms with E-state index in [2.05, 4.69) is 74.8 Å². The van der Waals surface area contributed by atoms with Crippen molar-refractivity contribution in [3.63, 3.8) is 0 Å². The van der Waals surface area contributed by atoms with Gasteiger partial charge in [0.05, 0.1) is 19.8 Å². The monoisotopic (exact) mass is 568 g/mol. The Morgan fingerprint density at radius 2 is 1.11 bits per heavy atom. The van der Waals surface area contributed by atoms with Crippen LogP contribution in [-0.2, 0) is 20.6 Å². The topological polar surface area (TPSA) is 27.7 Å². The molecule has 2 atom stereocenters. The standard InChI is InChI=1S/C32H57BrO3/c1-6-10-14-15-16-17-18-31(24-21-29-19-22-30(23-20-29)28(5)33)32(34-25-11-7-2,35-26-12-8-3)36-27-13-9-4/h19-20,22-23,28,31H,6-18,21,24-27H2,1-5H3. The fourth-order valence-electron chi connectivity index (χ4n) is 4.51. The zero-order valence-electron chi connectivity index (χ0n) is 24.3. The normalized spacial score (nSPS) is 13.7. The first-order valence-corrected chi connectivity index (χ1v) is 16.1. The van der Waals surface area contributed by atoms with E-state index in [1.165, 1.54) is 49.7 Å². The summed E-state index contributed by atoms with van der Waals surface area (Å²) in [5, 5.41) is 0. The zero-order valence-corrected chi connectivity index (χ0v) is 25.9. The lowest BCUT2D eigenvalue weighted by atomic mass is 9.90.